The van der Waals surface area contributed by atoms with Crippen molar-refractivity contribution in [2.45, 2.75) is 18.9 Å². The summed E-state index contributed by atoms with van der Waals surface area (Å²) in [4.78, 5) is 4.38. The lowest BCUT2D eigenvalue weighted by atomic mass is 10.1. The molecular weight excluding hydrogens is 248 g/mol. The molecule has 1 aromatic heterocycles. The normalized spacial score (nSPS) is 16.9. The number of aromatic nitrogens is 1. The van der Waals surface area contributed by atoms with Crippen molar-refractivity contribution in [3.05, 3.63) is 35.5 Å². The van der Waals surface area contributed by atoms with Gasteiger partial charge in [-0.25, -0.2) is 0 Å². The van der Waals surface area contributed by atoms with Gasteiger partial charge in [0.05, 0.1) is 5.02 Å². The van der Waals surface area contributed by atoms with Gasteiger partial charge in [0, 0.05) is 11.6 Å². The molecule has 2 aromatic rings. The fourth-order valence-electron chi connectivity index (χ4n) is 2.30. The molecule has 0 saturated carbocycles. The van der Waals surface area contributed by atoms with E-state index >= 15 is 0 Å². The Labute approximate surface area is 111 Å². The van der Waals surface area contributed by atoms with Crippen LogP contribution in [-0.2, 0) is 0 Å². The van der Waals surface area contributed by atoms with Gasteiger partial charge in [-0.1, -0.05) is 11.6 Å². The van der Waals surface area contributed by atoms with Gasteiger partial charge in [-0.3, -0.25) is 4.98 Å². The summed E-state index contributed by atoms with van der Waals surface area (Å²) in [7, 11) is 0. The Kier molecular flexibility index (Phi) is 3.35. The molecule has 1 fully saturated rings. The highest BCUT2D eigenvalue weighted by atomic mass is 35.5. The topological polar surface area (TPSA) is 34.1 Å². The van der Waals surface area contributed by atoms with Crippen LogP contribution in [0.2, 0.25) is 5.02 Å². The van der Waals surface area contributed by atoms with Crippen LogP contribution in [0.15, 0.2) is 30.5 Å². The number of piperidine rings is 1. The monoisotopic (exact) mass is 262 g/mol. The molecule has 94 valence electrons. The van der Waals surface area contributed by atoms with Crippen LogP contribution in [0.5, 0.6) is 5.75 Å². The van der Waals surface area contributed by atoms with E-state index in [-0.39, 0.29) is 6.10 Å². The lowest BCUT2D eigenvalue weighted by molar-refractivity contribution is 0.164. The second-order valence-corrected chi connectivity index (χ2v) is 4.92. The Morgan fingerprint density at radius 2 is 2.06 bits per heavy atom. The van der Waals surface area contributed by atoms with E-state index in [0.717, 1.165) is 47.6 Å². The second-order valence-electron chi connectivity index (χ2n) is 4.51. The van der Waals surface area contributed by atoms with Crippen molar-refractivity contribution < 1.29 is 4.74 Å². The van der Waals surface area contributed by atoms with Crippen molar-refractivity contribution in [3.8, 4) is 5.75 Å². The molecule has 0 amide bonds. The van der Waals surface area contributed by atoms with Gasteiger partial charge in [-0.05, 0) is 50.2 Å². The third-order valence-corrected chi connectivity index (χ3v) is 3.59. The Morgan fingerprint density at radius 1 is 1.22 bits per heavy atom. The average molecular weight is 263 g/mol. The van der Waals surface area contributed by atoms with Crippen molar-refractivity contribution in [3.63, 3.8) is 0 Å². The molecule has 1 aliphatic heterocycles. The number of pyridine rings is 1. The zero-order valence-electron chi connectivity index (χ0n) is 10.0. The maximum atomic E-state index is 6.17. The summed E-state index contributed by atoms with van der Waals surface area (Å²) in [5.74, 6) is 0.835. The molecule has 3 nitrogen and oxygen atoms in total. The summed E-state index contributed by atoms with van der Waals surface area (Å²) < 4.78 is 6.06. The number of hydrogen-bond donors (Lipinski definition) is 1. The van der Waals surface area contributed by atoms with Gasteiger partial charge in [0.15, 0.2) is 0 Å². The molecule has 0 atom stereocenters. The first kappa shape index (κ1) is 11.8. The highest BCUT2D eigenvalue weighted by molar-refractivity contribution is 6.35. The standard InChI is InChI=1S/C14H15ClN2O/c15-12-3-4-13(14-11(12)2-1-7-17-14)18-10-5-8-16-9-6-10/h1-4,7,10,16H,5-6,8-9H2. The molecule has 1 aliphatic rings. The highest BCUT2D eigenvalue weighted by Gasteiger charge is 2.16. The molecular formula is C14H15ClN2O. The van der Waals surface area contributed by atoms with E-state index in [1.807, 2.05) is 24.3 Å². The fraction of sp³-hybridized carbons (Fsp3) is 0.357. The van der Waals surface area contributed by atoms with E-state index in [0.29, 0.717) is 0 Å². The van der Waals surface area contributed by atoms with Gasteiger partial charge < -0.3 is 10.1 Å². The van der Waals surface area contributed by atoms with Crippen LogP contribution in [0.1, 0.15) is 12.8 Å². The van der Waals surface area contributed by atoms with Gasteiger partial charge in [-0.2, -0.15) is 0 Å². The maximum absolute atomic E-state index is 6.17. The summed E-state index contributed by atoms with van der Waals surface area (Å²) >= 11 is 6.17. The fourth-order valence-corrected chi connectivity index (χ4v) is 2.52. The molecule has 4 heteroatoms. The summed E-state index contributed by atoms with van der Waals surface area (Å²) in [5, 5.41) is 5.00. The molecule has 2 heterocycles. The molecule has 1 saturated heterocycles. The number of rotatable bonds is 2. The first-order valence-corrected chi connectivity index (χ1v) is 6.63. The van der Waals surface area contributed by atoms with Crippen LogP contribution in [0.4, 0.5) is 0 Å². The van der Waals surface area contributed by atoms with Crippen LogP contribution in [0, 0.1) is 0 Å². The van der Waals surface area contributed by atoms with Crippen molar-refractivity contribution >= 4 is 22.5 Å². The molecule has 0 radical (unpaired) electrons. The first-order chi connectivity index (χ1) is 8.84. The van der Waals surface area contributed by atoms with Crippen LogP contribution in [-0.4, -0.2) is 24.2 Å². The number of nitrogens with one attached hydrogen (secondary N) is 1. The van der Waals surface area contributed by atoms with Gasteiger partial charge in [0.25, 0.3) is 0 Å². The van der Waals surface area contributed by atoms with E-state index in [4.69, 9.17) is 16.3 Å². The number of hydrogen-bond acceptors (Lipinski definition) is 3. The molecule has 0 aliphatic carbocycles. The molecule has 1 aromatic carbocycles. The smallest absolute Gasteiger partial charge is 0.146 e. The summed E-state index contributed by atoms with van der Waals surface area (Å²) in [6.07, 6.45) is 4.12. The highest BCUT2D eigenvalue weighted by Crippen LogP contribution is 2.30. The van der Waals surface area contributed by atoms with Crippen molar-refractivity contribution in [1.82, 2.24) is 10.3 Å². The maximum Gasteiger partial charge on any atom is 0.146 e. The first-order valence-electron chi connectivity index (χ1n) is 6.25. The Balaban J connectivity index is 1.94. The minimum Gasteiger partial charge on any atom is -0.488 e. The predicted octanol–water partition coefficient (Wildman–Crippen LogP) is 3.02. The molecule has 1 N–H and O–H groups in total. The third kappa shape index (κ3) is 2.28. The van der Waals surface area contributed by atoms with Crippen molar-refractivity contribution in [2.75, 3.05) is 13.1 Å². The number of halogens is 1. The van der Waals surface area contributed by atoms with Crippen molar-refractivity contribution in [1.29, 1.82) is 0 Å². The Hall–Kier alpha value is -1.32. The summed E-state index contributed by atoms with van der Waals surface area (Å²) in [5.41, 5.74) is 0.850. The Morgan fingerprint density at radius 3 is 2.89 bits per heavy atom. The number of benzene rings is 1. The zero-order chi connectivity index (χ0) is 12.4. The molecule has 18 heavy (non-hydrogen) atoms. The lowest BCUT2D eigenvalue weighted by Gasteiger charge is -2.24. The van der Waals surface area contributed by atoms with Gasteiger partial charge in [-0.15, -0.1) is 0 Å². The van der Waals surface area contributed by atoms with Gasteiger partial charge in [0.1, 0.15) is 17.4 Å². The number of fused-ring (bicyclic) bond motifs is 1. The summed E-state index contributed by atoms with van der Waals surface area (Å²) in [6.45, 7) is 2.03. The van der Waals surface area contributed by atoms with Crippen LogP contribution in [0.3, 0.4) is 0 Å². The van der Waals surface area contributed by atoms with E-state index in [9.17, 15) is 0 Å². The lowest BCUT2D eigenvalue weighted by Crippen LogP contribution is -2.34. The number of nitrogens with zero attached hydrogens (tertiary/aromatic N) is 1. The van der Waals surface area contributed by atoms with Gasteiger partial charge >= 0.3 is 0 Å². The summed E-state index contributed by atoms with van der Waals surface area (Å²) in [6, 6.07) is 7.66. The van der Waals surface area contributed by atoms with E-state index in [2.05, 4.69) is 10.3 Å². The molecule has 3 rings (SSSR count). The van der Waals surface area contributed by atoms with Crippen LogP contribution < -0.4 is 10.1 Å². The van der Waals surface area contributed by atoms with Crippen LogP contribution >= 0.6 is 11.6 Å². The molecule has 0 bridgehead atoms. The van der Waals surface area contributed by atoms with E-state index < -0.39 is 0 Å². The quantitative estimate of drug-likeness (QED) is 0.903. The predicted molar refractivity (Wildman–Crippen MR) is 73.3 cm³/mol. The minimum atomic E-state index is 0.276. The number of ether oxygens (including phenoxy) is 1. The SMILES string of the molecule is Clc1ccc(OC2CCNCC2)c2ncccc12. The van der Waals surface area contributed by atoms with Gasteiger partial charge in [0.2, 0.25) is 0 Å². The average Bonchev–Trinajstić information content (AvgIpc) is 2.44. The van der Waals surface area contributed by atoms with Crippen LogP contribution in [0.25, 0.3) is 10.9 Å². The second kappa shape index (κ2) is 5.12. The van der Waals surface area contributed by atoms with E-state index in [1.54, 1.807) is 6.20 Å². The third-order valence-electron chi connectivity index (χ3n) is 3.26. The Bertz CT molecular complexity index is 552. The minimum absolute atomic E-state index is 0.276. The zero-order valence-corrected chi connectivity index (χ0v) is 10.8. The molecule has 0 spiro atoms. The van der Waals surface area contributed by atoms with Crippen molar-refractivity contribution in [2.24, 2.45) is 0 Å². The molecule has 0 unspecified atom stereocenters. The van der Waals surface area contributed by atoms with E-state index in [1.165, 1.54) is 0 Å². The largest absolute Gasteiger partial charge is 0.488 e.